The van der Waals surface area contributed by atoms with Crippen LogP contribution < -0.4 is 0 Å². The third-order valence-electron chi connectivity index (χ3n) is 3.91. The van der Waals surface area contributed by atoms with Gasteiger partial charge in [-0.2, -0.15) is 0 Å². The number of imide groups is 1. The summed E-state index contributed by atoms with van der Waals surface area (Å²) in [4.78, 5) is 25.1. The highest BCUT2D eigenvalue weighted by Gasteiger charge is 2.38. The van der Waals surface area contributed by atoms with E-state index in [4.69, 9.17) is 13.3 Å². The van der Waals surface area contributed by atoms with Gasteiger partial charge in [0.25, 0.3) is 0 Å². The topological polar surface area (TPSA) is 65.1 Å². The summed E-state index contributed by atoms with van der Waals surface area (Å²) in [7, 11) is 2.20. The number of hydrogen-bond acceptors (Lipinski definition) is 5. The first-order valence-corrected chi connectivity index (χ1v) is 8.96. The fourth-order valence-corrected chi connectivity index (χ4v) is 4.37. The van der Waals surface area contributed by atoms with Crippen molar-refractivity contribution >= 4 is 20.6 Å². The first-order chi connectivity index (χ1) is 9.53. The highest BCUT2D eigenvalue weighted by atomic mass is 28.4. The van der Waals surface area contributed by atoms with Crippen LogP contribution >= 0.6 is 0 Å². The monoisotopic (exact) mass is 303 g/mol. The average molecular weight is 303 g/mol. The van der Waals surface area contributed by atoms with E-state index in [1.807, 2.05) is 6.92 Å². The molecule has 116 valence electrons. The van der Waals surface area contributed by atoms with Gasteiger partial charge in [-0.25, -0.2) is 0 Å². The van der Waals surface area contributed by atoms with Crippen LogP contribution in [0.3, 0.4) is 0 Å². The fourth-order valence-electron chi connectivity index (χ4n) is 2.62. The van der Waals surface area contributed by atoms with E-state index in [2.05, 4.69) is 0 Å². The molecular weight excluding hydrogens is 278 g/mol. The molecule has 1 heterocycles. The zero-order valence-electron chi connectivity index (χ0n) is 12.8. The van der Waals surface area contributed by atoms with E-state index in [1.54, 1.807) is 21.3 Å². The molecule has 0 radical (unpaired) electrons. The zero-order valence-corrected chi connectivity index (χ0v) is 13.8. The van der Waals surface area contributed by atoms with Crippen LogP contribution in [-0.2, 0) is 22.9 Å². The lowest BCUT2D eigenvalue weighted by Gasteiger charge is -2.30. The maximum Gasteiger partial charge on any atom is 0.500 e. The van der Waals surface area contributed by atoms with Crippen LogP contribution in [0.15, 0.2) is 0 Å². The van der Waals surface area contributed by atoms with Crippen molar-refractivity contribution in [2.45, 2.75) is 38.7 Å². The SMILES string of the molecule is CCN1C(=O)CCC(CCC[Si](OC)(OC)OC)C1=O. The lowest BCUT2D eigenvalue weighted by atomic mass is 9.92. The molecule has 2 amide bonds. The van der Waals surface area contributed by atoms with E-state index >= 15 is 0 Å². The minimum Gasteiger partial charge on any atom is -0.377 e. The second kappa shape index (κ2) is 7.87. The molecule has 1 aliphatic heterocycles. The fraction of sp³-hybridized carbons (Fsp3) is 0.846. The van der Waals surface area contributed by atoms with E-state index in [1.165, 1.54) is 4.90 Å². The van der Waals surface area contributed by atoms with Gasteiger partial charge in [0.1, 0.15) is 0 Å². The summed E-state index contributed by atoms with van der Waals surface area (Å²) in [6.07, 6.45) is 2.65. The van der Waals surface area contributed by atoms with Crippen molar-refractivity contribution in [1.82, 2.24) is 4.90 Å². The highest BCUT2D eigenvalue weighted by Crippen LogP contribution is 2.26. The number of carbonyl (C=O) groups is 2. The van der Waals surface area contributed by atoms with Crippen molar-refractivity contribution in [2.75, 3.05) is 27.9 Å². The highest BCUT2D eigenvalue weighted by molar-refractivity contribution is 6.60. The van der Waals surface area contributed by atoms with E-state index in [-0.39, 0.29) is 17.7 Å². The molecule has 6 nitrogen and oxygen atoms in total. The van der Waals surface area contributed by atoms with Crippen LogP contribution in [0.1, 0.15) is 32.6 Å². The molecule has 20 heavy (non-hydrogen) atoms. The van der Waals surface area contributed by atoms with Crippen LogP contribution in [0.5, 0.6) is 0 Å². The van der Waals surface area contributed by atoms with Crippen molar-refractivity contribution < 1.29 is 22.9 Å². The molecule has 7 heteroatoms. The molecule has 0 spiro atoms. The predicted molar refractivity (Wildman–Crippen MR) is 75.9 cm³/mol. The van der Waals surface area contributed by atoms with Crippen molar-refractivity contribution in [3.05, 3.63) is 0 Å². The van der Waals surface area contributed by atoms with Gasteiger partial charge in [0.15, 0.2) is 0 Å². The third kappa shape index (κ3) is 3.88. The number of hydrogen-bond donors (Lipinski definition) is 0. The smallest absolute Gasteiger partial charge is 0.377 e. The van der Waals surface area contributed by atoms with E-state index in [0.29, 0.717) is 25.4 Å². The Bertz CT molecular complexity index is 337. The summed E-state index contributed by atoms with van der Waals surface area (Å²) in [6, 6.07) is 0.681. The Morgan fingerprint density at radius 2 is 1.80 bits per heavy atom. The molecule has 1 rings (SSSR count). The standard InChI is InChI=1S/C13H25NO5Si/c1-5-14-12(15)9-8-11(13(14)16)7-6-10-20(17-2,18-3)19-4/h11H,5-10H2,1-4H3. The van der Waals surface area contributed by atoms with Crippen molar-refractivity contribution in [1.29, 1.82) is 0 Å². The Kier molecular flexibility index (Phi) is 6.80. The van der Waals surface area contributed by atoms with Crippen LogP contribution in [0.25, 0.3) is 0 Å². The summed E-state index contributed by atoms with van der Waals surface area (Å²) in [5, 5.41) is 0. The second-order valence-electron chi connectivity index (χ2n) is 4.90. The van der Waals surface area contributed by atoms with Gasteiger partial charge in [-0.3, -0.25) is 14.5 Å². The van der Waals surface area contributed by atoms with Crippen molar-refractivity contribution in [3.63, 3.8) is 0 Å². The van der Waals surface area contributed by atoms with Gasteiger partial charge in [0.05, 0.1) is 0 Å². The van der Waals surface area contributed by atoms with Crippen molar-refractivity contribution in [2.24, 2.45) is 5.92 Å². The summed E-state index contributed by atoms with van der Waals surface area (Å²) < 4.78 is 16.1. The Balaban J connectivity index is 2.49. The zero-order chi connectivity index (χ0) is 15.2. The summed E-state index contributed by atoms with van der Waals surface area (Å²) >= 11 is 0. The molecule has 0 N–H and O–H groups in total. The van der Waals surface area contributed by atoms with Crippen LogP contribution in [0.4, 0.5) is 0 Å². The number of carbonyl (C=O) groups excluding carboxylic acids is 2. The van der Waals surface area contributed by atoms with E-state index in [9.17, 15) is 9.59 Å². The Morgan fingerprint density at radius 1 is 1.20 bits per heavy atom. The Morgan fingerprint density at radius 3 is 2.30 bits per heavy atom. The molecule has 0 saturated carbocycles. The normalized spacial score (nSPS) is 20.6. The summed E-state index contributed by atoms with van der Waals surface area (Å²) in [5.41, 5.74) is 0. The quantitative estimate of drug-likeness (QED) is 0.501. The van der Waals surface area contributed by atoms with Crippen LogP contribution in [0, 0.1) is 5.92 Å². The predicted octanol–water partition coefficient (Wildman–Crippen LogP) is 1.43. The minimum absolute atomic E-state index is 0.0386. The number of amides is 2. The minimum atomic E-state index is -2.55. The molecular formula is C13H25NO5Si. The molecule has 1 atom stereocenters. The summed E-state index contributed by atoms with van der Waals surface area (Å²) in [5.74, 6) is -0.156. The van der Waals surface area contributed by atoms with E-state index in [0.717, 1.165) is 12.8 Å². The number of rotatable bonds is 8. The number of piperidine rings is 1. The Hall–Kier alpha value is -0.763. The summed E-state index contributed by atoms with van der Waals surface area (Å²) in [6.45, 7) is 2.29. The maximum atomic E-state index is 12.2. The Labute approximate surface area is 121 Å². The molecule has 1 unspecified atom stereocenters. The van der Waals surface area contributed by atoms with Crippen molar-refractivity contribution in [3.8, 4) is 0 Å². The van der Waals surface area contributed by atoms with Gasteiger partial charge in [-0.1, -0.05) is 0 Å². The van der Waals surface area contributed by atoms with Gasteiger partial charge < -0.3 is 13.3 Å². The number of nitrogens with zero attached hydrogens (tertiary/aromatic N) is 1. The van der Waals surface area contributed by atoms with Gasteiger partial charge in [0.2, 0.25) is 11.8 Å². The lowest BCUT2D eigenvalue weighted by molar-refractivity contribution is -0.151. The second-order valence-corrected chi connectivity index (χ2v) is 7.99. The molecule has 1 fully saturated rings. The largest absolute Gasteiger partial charge is 0.500 e. The van der Waals surface area contributed by atoms with Crippen LogP contribution in [-0.4, -0.2) is 53.4 Å². The van der Waals surface area contributed by atoms with E-state index < -0.39 is 8.80 Å². The molecule has 0 aromatic heterocycles. The van der Waals surface area contributed by atoms with Gasteiger partial charge in [0, 0.05) is 46.3 Å². The molecule has 1 saturated heterocycles. The van der Waals surface area contributed by atoms with Crippen LogP contribution in [0.2, 0.25) is 6.04 Å². The maximum absolute atomic E-state index is 12.2. The first kappa shape index (κ1) is 17.3. The lowest BCUT2D eigenvalue weighted by Crippen LogP contribution is -2.45. The molecule has 1 aliphatic rings. The van der Waals surface area contributed by atoms with Gasteiger partial charge >= 0.3 is 8.80 Å². The third-order valence-corrected chi connectivity index (χ3v) is 6.74. The van der Waals surface area contributed by atoms with Gasteiger partial charge in [-0.15, -0.1) is 0 Å². The molecule has 0 bridgehead atoms. The molecule has 0 aromatic rings. The number of likely N-dealkylation sites (tertiary alicyclic amines) is 1. The molecule has 0 aromatic carbocycles. The average Bonchev–Trinajstić information content (AvgIpc) is 2.47. The molecule has 0 aliphatic carbocycles. The van der Waals surface area contributed by atoms with Gasteiger partial charge in [-0.05, 0) is 26.2 Å². The first-order valence-electron chi connectivity index (χ1n) is 7.03.